The Morgan fingerprint density at radius 3 is 2.39 bits per heavy atom. The maximum absolute atomic E-state index is 6.73. The van der Waals surface area contributed by atoms with Crippen LogP contribution in [-0.2, 0) is 12.8 Å². The average Bonchev–Trinajstić information content (AvgIpc) is 2.71. The Morgan fingerprint density at radius 1 is 1.04 bits per heavy atom. The lowest BCUT2D eigenvalue weighted by Crippen LogP contribution is -2.34. The molecule has 150 valence electrons. The van der Waals surface area contributed by atoms with Crippen LogP contribution < -0.4 is 11.5 Å². The van der Waals surface area contributed by atoms with Crippen LogP contribution in [0.4, 0.5) is 0 Å². The molecular formula is C26H36N2. The van der Waals surface area contributed by atoms with E-state index >= 15 is 0 Å². The van der Waals surface area contributed by atoms with Crippen LogP contribution >= 0.6 is 0 Å². The predicted molar refractivity (Wildman–Crippen MR) is 121 cm³/mol. The van der Waals surface area contributed by atoms with Gasteiger partial charge < -0.3 is 11.5 Å². The first-order valence-corrected chi connectivity index (χ1v) is 10.9. The second-order valence-electron chi connectivity index (χ2n) is 8.59. The molecule has 0 radical (unpaired) electrons. The van der Waals surface area contributed by atoms with Gasteiger partial charge in [-0.2, -0.15) is 0 Å². The average molecular weight is 377 g/mol. The first-order chi connectivity index (χ1) is 13.6. The Morgan fingerprint density at radius 2 is 1.75 bits per heavy atom. The summed E-state index contributed by atoms with van der Waals surface area (Å²) in [5, 5.41) is 0. The molecule has 2 aromatic carbocycles. The molecule has 4 rings (SSSR count). The van der Waals surface area contributed by atoms with Crippen LogP contribution in [-0.4, -0.2) is 12.1 Å². The Balaban J connectivity index is 1.78. The Bertz CT molecular complexity index is 732. The Kier molecular flexibility index (Phi) is 7.47. The van der Waals surface area contributed by atoms with Gasteiger partial charge in [-0.15, -0.1) is 0 Å². The van der Waals surface area contributed by atoms with Gasteiger partial charge in [0.05, 0.1) is 0 Å². The van der Waals surface area contributed by atoms with E-state index in [1.54, 1.807) is 0 Å². The van der Waals surface area contributed by atoms with Gasteiger partial charge in [-0.05, 0) is 66.2 Å². The molecule has 28 heavy (non-hydrogen) atoms. The molecule has 0 fully saturated rings. The first-order valence-electron chi connectivity index (χ1n) is 10.9. The third kappa shape index (κ3) is 5.56. The number of nitrogens with two attached hydrogens (primary N) is 2. The zero-order valence-electron chi connectivity index (χ0n) is 17.3. The van der Waals surface area contributed by atoms with Gasteiger partial charge in [0.15, 0.2) is 0 Å². The van der Waals surface area contributed by atoms with Gasteiger partial charge in [-0.1, -0.05) is 81.0 Å². The molecule has 4 N–H and O–H groups in total. The second-order valence-corrected chi connectivity index (χ2v) is 8.59. The lowest BCUT2D eigenvalue weighted by atomic mass is 9.77. The standard InChI is InChI=1S/C26H36N2/c1-3-5-22(16-20-8-6-19(4-2)7-9-20)18-25-23-12-10-21(11-13-23)17-24(27)14-15-26(25)28/h4,6-13,22,24-26H,2-3,5,14-18,27-28H2,1H3. The quantitative estimate of drug-likeness (QED) is 0.675. The van der Waals surface area contributed by atoms with Crippen molar-refractivity contribution < 1.29 is 0 Å². The number of hydrogen-bond acceptors (Lipinski definition) is 2. The molecule has 4 unspecified atom stereocenters. The van der Waals surface area contributed by atoms with Gasteiger partial charge in [0.1, 0.15) is 0 Å². The molecule has 2 aromatic rings. The molecule has 2 nitrogen and oxygen atoms in total. The van der Waals surface area contributed by atoms with Crippen LogP contribution in [0.25, 0.3) is 6.08 Å². The molecule has 2 bridgehead atoms. The maximum Gasteiger partial charge on any atom is 0.0108 e. The minimum Gasteiger partial charge on any atom is -0.327 e. The van der Waals surface area contributed by atoms with Crippen molar-refractivity contribution in [2.75, 3.05) is 0 Å². The van der Waals surface area contributed by atoms with Gasteiger partial charge in [0.2, 0.25) is 0 Å². The normalized spacial score (nSPS) is 23.3. The molecule has 0 aromatic heterocycles. The van der Waals surface area contributed by atoms with Crippen molar-refractivity contribution >= 4 is 6.08 Å². The van der Waals surface area contributed by atoms with Crippen LogP contribution in [0.15, 0.2) is 55.1 Å². The van der Waals surface area contributed by atoms with E-state index in [9.17, 15) is 0 Å². The summed E-state index contributed by atoms with van der Waals surface area (Å²) in [4.78, 5) is 0. The largest absolute Gasteiger partial charge is 0.327 e. The van der Waals surface area contributed by atoms with Crippen molar-refractivity contribution in [3.63, 3.8) is 0 Å². The van der Waals surface area contributed by atoms with Gasteiger partial charge in [-0.25, -0.2) is 0 Å². The molecule has 0 aliphatic heterocycles. The summed E-state index contributed by atoms with van der Waals surface area (Å²) in [6.45, 7) is 6.14. The predicted octanol–water partition coefficient (Wildman–Crippen LogP) is 5.45. The zero-order chi connectivity index (χ0) is 19.9. The third-order valence-corrected chi connectivity index (χ3v) is 6.32. The van der Waals surface area contributed by atoms with Crippen molar-refractivity contribution in [1.82, 2.24) is 0 Å². The van der Waals surface area contributed by atoms with E-state index in [0.29, 0.717) is 11.8 Å². The van der Waals surface area contributed by atoms with E-state index in [1.165, 1.54) is 35.1 Å². The fourth-order valence-electron chi connectivity index (χ4n) is 4.67. The molecule has 0 amide bonds. The molecule has 2 heteroatoms. The fraction of sp³-hybridized carbons (Fsp3) is 0.462. The van der Waals surface area contributed by atoms with Crippen LogP contribution in [0.5, 0.6) is 0 Å². The minimum atomic E-state index is 0.178. The molecule has 0 heterocycles. The fourth-order valence-corrected chi connectivity index (χ4v) is 4.67. The third-order valence-electron chi connectivity index (χ3n) is 6.32. The molecule has 0 spiro atoms. The van der Waals surface area contributed by atoms with Crippen LogP contribution in [0, 0.1) is 5.92 Å². The highest BCUT2D eigenvalue weighted by atomic mass is 14.7. The Hall–Kier alpha value is -1.90. The smallest absolute Gasteiger partial charge is 0.0108 e. The summed E-state index contributed by atoms with van der Waals surface area (Å²) >= 11 is 0. The summed E-state index contributed by atoms with van der Waals surface area (Å²) in [6.07, 6.45) is 9.59. The van der Waals surface area contributed by atoms with Gasteiger partial charge >= 0.3 is 0 Å². The van der Waals surface area contributed by atoms with Gasteiger partial charge in [0, 0.05) is 12.1 Å². The number of rotatable bonds is 7. The van der Waals surface area contributed by atoms with E-state index in [0.717, 1.165) is 32.1 Å². The van der Waals surface area contributed by atoms with Crippen molar-refractivity contribution in [2.45, 2.75) is 69.9 Å². The molecule has 0 saturated heterocycles. The molecule has 4 atom stereocenters. The van der Waals surface area contributed by atoms with Crippen LogP contribution in [0.1, 0.15) is 67.2 Å². The van der Waals surface area contributed by atoms with Crippen molar-refractivity contribution in [1.29, 1.82) is 0 Å². The highest BCUT2D eigenvalue weighted by Gasteiger charge is 2.25. The van der Waals surface area contributed by atoms with E-state index in [-0.39, 0.29) is 12.1 Å². The number of fused-ring (bicyclic) bond motifs is 7. The highest BCUT2D eigenvalue weighted by molar-refractivity contribution is 5.47. The SMILES string of the molecule is C=Cc1ccc(CC(CCC)CC2c3ccc(cc3)CC(N)CCC2N)cc1. The molecule has 0 saturated carbocycles. The lowest BCUT2D eigenvalue weighted by Gasteiger charge is -2.30. The van der Waals surface area contributed by atoms with Crippen molar-refractivity contribution in [3.8, 4) is 0 Å². The Labute approximate surface area is 171 Å². The number of benzene rings is 2. The zero-order valence-corrected chi connectivity index (χ0v) is 17.3. The lowest BCUT2D eigenvalue weighted by molar-refractivity contribution is 0.351. The minimum absolute atomic E-state index is 0.178. The van der Waals surface area contributed by atoms with E-state index in [4.69, 9.17) is 11.5 Å². The summed E-state index contributed by atoms with van der Waals surface area (Å²) in [5.74, 6) is 1.05. The van der Waals surface area contributed by atoms with Crippen molar-refractivity contribution in [2.24, 2.45) is 17.4 Å². The molecule has 2 aliphatic rings. The monoisotopic (exact) mass is 376 g/mol. The van der Waals surface area contributed by atoms with Crippen molar-refractivity contribution in [3.05, 3.63) is 77.4 Å². The summed E-state index contributed by atoms with van der Waals surface area (Å²) < 4.78 is 0. The van der Waals surface area contributed by atoms with Gasteiger partial charge in [0.25, 0.3) is 0 Å². The van der Waals surface area contributed by atoms with Crippen LogP contribution in [0.3, 0.4) is 0 Å². The molecular weight excluding hydrogens is 340 g/mol. The maximum atomic E-state index is 6.73. The van der Waals surface area contributed by atoms with Gasteiger partial charge in [-0.3, -0.25) is 0 Å². The summed E-state index contributed by atoms with van der Waals surface area (Å²) in [7, 11) is 0. The summed E-state index contributed by atoms with van der Waals surface area (Å²) in [5.41, 5.74) is 18.4. The van der Waals surface area contributed by atoms with E-state index in [2.05, 4.69) is 62.0 Å². The number of hydrogen-bond donors (Lipinski definition) is 2. The van der Waals surface area contributed by atoms with E-state index in [1.807, 2.05) is 6.08 Å². The first kappa shape index (κ1) is 20.8. The second kappa shape index (κ2) is 10.0. The topological polar surface area (TPSA) is 52.0 Å². The van der Waals surface area contributed by atoms with E-state index < -0.39 is 0 Å². The molecule has 2 aliphatic carbocycles. The summed E-state index contributed by atoms with van der Waals surface area (Å²) in [6, 6.07) is 18.3. The highest BCUT2D eigenvalue weighted by Crippen LogP contribution is 2.33. The van der Waals surface area contributed by atoms with Crippen LogP contribution in [0.2, 0.25) is 0 Å².